The third-order valence-corrected chi connectivity index (χ3v) is 5.22. The Morgan fingerprint density at radius 1 is 1.43 bits per heavy atom. The Labute approximate surface area is 126 Å². The molecule has 3 atom stereocenters. The van der Waals surface area contributed by atoms with Crippen molar-refractivity contribution in [2.24, 2.45) is 23.5 Å². The van der Waals surface area contributed by atoms with E-state index in [1.165, 1.54) is 19.3 Å². The van der Waals surface area contributed by atoms with Crippen LogP contribution < -0.4 is 11.1 Å². The van der Waals surface area contributed by atoms with Crippen LogP contribution in [-0.2, 0) is 11.3 Å². The largest absolute Gasteiger partial charge is 0.352 e. The fourth-order valence-corrected chi connectivity index (χ4v) is 4.12. The van der Waals surface area contributed by atoms with Crippen LogP contribution in [0, 0.1) is 17.8 Å². The molecule has 0 saturated heterocycles. The molecular formula is C16H26N4O. The minimum Gasteiger partial charge on any atom is -0.352 e. The second-order valence-electron chi connectivity index (χ2n) is 6.87. The highest BCUT2D eigenvalue weighted by molar-refractivity contribution is 5.79. The minimum absolute atomic E-state index is 0.127. The zero-order valence-corrected chi connectivity index (χ0v) is 12.7. The second kappa shape index (κ2) is 6.18. The number of nitrogens with two attached hydrogens (primary N) is 1. The summed E-state index contributed by atoms with van der Waals surface area (Å²) >= 11 is 0. The average molecular weight is 290 g/mol. The maximum atomic E-state index is 12.5. The van der Waals surface area contributed by atoms with Crippen LogP contribution >= 0.6 is 0 Å². The molecule has 2 bridgehead atoms. The molecule has 0 spiro atoms. The zero-order valence-electron chi connectivity index (χ0n) is 12.7. The molecule has 0 aromatic carbocycles. The summed E-state index contributed by atoms with van der Waals surface area (Å²) in [6, 6.07) is 0.452. The number of rotatable bonds is 4. The molecule has 2 fully saturated rings. The van der Waals surface area contributed by atoms with E-state index in [4.69, 9.17) is 5.73 Å². The standard InChI is InChI=1S/C16H26N4O/c1-11(9-20-6-5-18-10-20)19-16(21)14-7-12-3-2-4-13(8-14)15(12)17/h5-6,10-15H,2-4,7-9,17H2,1H3,(H,19,21). The highest BCUT2D eigenvalue weighted by Gasteiger charge is 2.40. The van der Waals surface area contributed by atoms with Gasteiger partial charge in [0.2, 0.25) is 5.91 Å². The summed E-state index contributed by atoms with van der Waals surface area (Å²) in [7, 11) is 0. The topological polar surface area (TPSA) is 72.9 Å². The van der Waals surface area contributed by atoms with Gasteiger partial charge in [0.15, 0.2) is 0 Å². The molecule has 1 amide bonds. The number of hydrogen-bond acceptors (Lipinski definition) is 3. The van der Waals surface area contributed by atoms with Crippen molar-refractivity contribution < 1.29 is 4.79 Å². The SMILES string of the molecule is CC(Cn1ccnc1)NC(=O)C1CC2CCCC(C1)C2N. The van der Waals surface area contributed by atoms with Crippen LogP contribution in [-0.4, -0.2) is 27.5 Å². The normalized spacial score (nSPS) is 33.4. The molecule has 3 unspecified atom stereocenters. The third kappa shape index (κ3) is 3.28. The molecule has 116 valence electrons. The number of nitrogens with one attached hydrogen (secondary N) is 1. The summed E-state index contributed by atoms with van der Waals surface area (Å²) in [5.74, 6) is 1.48. The highest BCUT2D eigenvalue weighted by Crippen LogP contribution is 2.41. The maximum Gasteiger partial charge on any atom is 0.223 e. The van der Waals surface area contributed by atoms with Gasteiger partial charge < -0.3 is 15.6 Å². The lowest BCUT2D eigenvalue weighted by atomic mass is 9.65. The summed E-state index contributed by atoms with van der Waals surface area (Å²) in [5, 5.41) is 3.16. The molecule has 21 heavy (non-hydrogen) atoms. The van der Waals surface area contributed by atoms with Gasteiger partial charge in [-0.3, -0.25) is 4.79 Å². The van der Waals surface area contributed by atoms with Gasteiger partial charge in [-0.1, -0.05) is 6.42 Å². The van der Waals surface area contributed by atoms with E-state index in [9.17, 15) is 4.79 Å². The molecule has 0 aliphatic heterocycles. The third-order valence-electron chi connectivity index (χ3n) is 5.22. The van der Waals surface area contributed by atoms with Crippen molar-refractivity contribution in [2.45, 2.75) is 57.7 Å². The van der Waals surface area contributed by atoms with E-state index >= 15 is 0 Å². The van der Waals surface area contributed by atoms with Gasteiger partial charge in [0.1, 0.15) is 0 Å². The van der Waals surface area contributed by atoms with Gasteiger partial charge in [-0.05, 0) is 44.4 Å². The smallest absolute Gasteiger partial charge is 0.223 e. The first-order chi connectivity index (χ1) is 10.1. The molecule has 1 aromatic heterocycles. The molecule has 2 aliphatic rings. The lowest BCUT2D eigenvalue weighted by Crippen LogP contribution is -2.50. The first kappa shape index (κ1) is 14.6. The monoisotopic (exact) mass is 290 g/mol. The fourth-order valence-electron chi connectivity index (χ4n) is 4.12. The molecule has 1 aromatic rings. The van der Waals surface area contributed by atoms with Crippen molar-refractivity contribution in [3.8, 4) is 0 Å². The molecule has 2 aliphatic carbocycles. The molecule has 2 saturated carbocycles. The molecule has 0 radical (unpaired) electrons. The molecule has 5 nitrogen and oxygen atoms in total. The van der Waals surface area contributed by atoms with Crippen molar-refractivity contribution in [1.82, 2.24) is 14.9 Å². The number of amides is 1. The van der Waals surface area contributed by atoms with Gasteiger partial charge in [0.25, 0.3) is 0 Å². The Bertz CT molecular complexity index is 459. The predicted molar refractivity (Wildman–Crippen MR) is 81.4 cm³/mol. The maximum absolute atomic E-state index is 12.5. The molecule has 5 heteroatoms. The van der Waals surface area contributed by atoms with E-state index in [0.717, 1.165) is 19.4 Å². The number of fused-ring (bicyclic) bond motifs is 2. The van der Waals surface area contributed by atoms with Gasteiger partial charge in [-0.25, -0.2) is 4.98 Å². The van der Waals surface area contributed by atoms with E-state index in [1.807, 2.05) is 17.7 Å². The first-order valence-corrected chi connectivity index (χ1v) is 8.15. The summed E-state index contributed by atoms with van der Waals surface area (Å²) < 4.78 is 2.00. The van der Waals surface area contributed by atoms with Crippen molar-refractivity contribution in [2.75, 3.05) is 0 Å². The predicted octanol–water partition coefficient (Wildman–Crippen LogP) is 1.54. The van der Waals surface area contributed by atoms with E-state index in [2.05, 4.69) is 10.3 Å². The fraction of sp³-hybridized carbons (Fsp3) is 0.750. The van der Waals surface area contributed by atoms with Gasteiger partial charge in [0.05, 0.1) is 6.33 Å². The summed E-state index contributed by atoms with van der Waals surface area (Å²) in [6.07, 6.45) is 11.1. The number of hydrogen-bond donors (Lipinski definition) is 2. The van der Waals surface area contributed by atoms with Crippen LogP contribution in [0.3, 0.4) is 0 Å². The summed E-state index contributed by atoms with van der Waals surface area (Å²) in [5.41, 5.74) is 6.30. The number of aromatic nitrogens is 2. The average Bonchev–Trinajstić information content (AvgIpc) is 2.90. The highest BCUT2D eigenvalue weighted by atomic mass is 16.1. The Kier molecular flexibility index (Phi) is 4.29. The Balaban J connectivity index is 1.53. The van der Waals surface area contributed by atoms with Crippen molar-refractivity contribution in [1.29, 1.82) is 0 Å². The minimum atomic E-state index is 0.127. The quantitative estimate of drug-likeness (QED) is 0.883. The number of nitrogens with zero attached hydrogens (tertiary/aromatic N) is 2. The van der Waals surface area contributed by atoms with Crippen LogP contribution in [0.5, 0.6) is 0 Å². The van der Waals surface area contributed by atoms with E-state index in [1.54, 1.807) is 12.5 Å². The van der Waals surface area contributed by atoms with Gasteiger partial charge >= 0.3 is 0 Å². The van der Waals surface area contributed by atoms with Crippen LogP contribution in [0.1, 0.15) is 39.0 Å². The van der Waals surface area contributed by atoms with Gasteiger partial charge in [-0.2, -0.15) is 0 Å². The van der Waals surface area contributed by atoms with E-state index in [-0.39, 0.29) is 17.9 Å². The van der Waals surface area contributed by atoms with Crippen LogP contribution in [0.2, 0.25) is 0 Å². The second-order valence-corrected chi connectivity index (χ2v) is 6.87. The summed E-state index contributed by atoms with van der Waals surface area (Å²) in [6.45, 7) is 2.82. The van der Waals surface area contributed by atoms with E-state index < -0.39 is 0 Å². The van der Waals surface area contributed by atoms with Crippen LogP contribution in [0.25, 0.3) is 0 Å². The van der Waals surface area contributed by atoms with Gasteiger partial charge in [-0.15, -0.1) is 0 Å². The van der Waals surface area contributed by atoms with Gasteiger partial charge in [0, 0.05) is 36.9 Å². The lowest BCUT2D eigenvalue weighted by molar-refractivity contribution is -0.128. The van der Waals surface area contributed by atoms with E-state index in [0.29, 0.717) is 17.9 Å². The Hall–Kier alpha value is -1.36. The number of imidazole rings is 1. The lowest BCUT2D eigenvalue weighted by Gasteiger charge is -2.43. The number of carbonyl (C=O) groups is 1. The first-order valence-electron chi connectivity index (χ1n) is 8.15. The number of carbonyl (C=O) groups excluding carboxylic acids is 1. The van der Waals surface area contributed by atoms with Crippen molar-refractivity contribution in [3.05, 3.63) is 18.7 Å². The molecule has 3 rings (SSSR count). The van der Waals surface area contributed by atoms with Crippen LogP contribution in [0.15, 0.2) is 18.7 Å². The Morgan fingerprint density at radius 3 is 2.76 bits per heavy atom. The molecule has 1 heterocycles. The Morgan fingerprint density at radius 2 is 2.14 bits per heavy atom. The zero-order chi connectivity index (χ0) is 14.8. The summed E-state index contributed by atoms with van der Waals surface area (Å²) in [4.78, 5) is 16.5. The molecular weight excluding hydrogens is 264 g/mol. The van der Waals surface area contributed by atoms with Crippen molar-refractivity contribution >= 4 is 5.91 Å². The van der Waals surface area contributed by atoms with Crippen LogP contribution in [0.4, 0.5) is 0 Å². The molecule has 3 N–H and O–H groups in total. The van der Waals surface area contributed by atoms with Crippen molar-refractivity contribution in [3.63, 3.8) is 0 Å².